The van der Waals surface area contributed by atoms with Crippen LogP contribution in [-0.2, 0) is 6.54 Å². The Kier molecular flexibility index (Phi) is 3.78. The molecule has 0 saturated heterocycles. The lowest BCUT2D eigenvalue weighted by atomic mass is 10.2. The Morgan fingerprint density at radius 1 is 1.31 bits per heavy atom. The van der Waals surface area contributed by atoms with E-state index in [-0.39, 0.29) is 5.75 Å². The van der Waals surface area contributed by atoms with Crippen LogP contribution in [0.4, 0.5) is 5.13 Å². The van der Waals surface area contributed by atoms with Crippen molar-refractivity contribution in [1.82, 2.24) is 10.2 Å². The molecule has 84 valence electrons. The Morgan fingerprint density at radius 3 is 2.56 bits per heavy atom. The van der Waals surface area contributed by atoms with Crippen molar-refractivity contribution >= 4 is 48.3 Å². The first kappa shape index (κ1) is 11.8. The van der Waals surface area contributed by atoms with Crippen LogP contribution in [0.25, 0.3) is 0 Å². The van der Waals surface area contributed by atoms with Crippen LogP contribution in [0.5, 0.6) is 5.75 Å². The van der Waals surface area contributed by atoms with Gasteiger partial charge in [-0.25, -0.2) is 0 Å². The fourth-order valence-corrected chi connectivity index (χ4v) is 2.87. The van der Waals surface area contributed by atoms with Gasteiger partial charge in [0.15, 0.2) is 0 Å². The van der Waals surface area contributed by atoms with E-state index in [0.717, 1.165) is 10.7 Å². The van der Waals surface area contributed by atoms with Gasteiger partial charge in [0.25, 0.3) is 0 Å². The summed E-state index contributed by atoms with van der Waals surface area (Å²) in [7, 11) is 0. The maximum absolute atomic E-state index is 9.55. The van der Waals surface area contributed by atoms with Crippen molar-refractivity contribution in [3.05, 3.63) is 32.2 Å². The average Bonchev–Trinajstić information content (AvgIpc) is 2.75. The van der Waals surface area contributed by atoms with Crippen molar-refractivity contribution < 1.29 is 5.11 Å². The Morgan fingerprint density at radius 2 is 2.00 bits per heavy atom. The van der Waals surface area contributed by atoms with E-state index in [1.165, 1.54) is 11.3 Å². The molecule has 0 amide bonds. The standard InChI is InChI=1S/C9H7Br2N3OS/c10-6-1-5(2-7(11)8(6)15)3-12-9-14-13-4-16-9/h1-2,4,15H,3H2,(H,12,14). The van der Waals surface area contributed by atoms with Crippen LogP contribution < -0.4 is 5.32 Å². The summed E-state index contributed by atoms with van der Waals surface area (Å²) in [5, 5.41) is 21.1. The summed E-state index contributed by atoms with van der Waals surface area (Å²) >= 11 is 8.01. The van der Waals surface area contributed by atoms with Gasteiger partial charge in [-0.2, -0.15) is 0 Å². The SMILES string of the molecule is Oc1c(Br)cc(CNc2nncs2)cc1Br. The zero-order valence-corrected chi connectivity index (χ0v) is 11.9. The molecule has 2 rings (SSSR count). The third-order valence-electron chi connectivity index (χ3n) is 1.88. The number of halogens is 2. The minimum absolute atomic E-state index is 0.208. The van der Waals surface area contributed by atoms with Crippen molar-refractivity contribution in [2.75, 3.05) is 5.32 Å². The minimum atomic E-state index is 0.208. The summed E-state index contributed by atoms with van der Waals surface area (Å²) in [4.78, 5) is 0. The molecule has 0 aliphatic heterocycles. The summed E-state index contributed by atoms with van der Waals surface area (Å²) in [5.74, 6) is 0.208. The van der Waals surface area contributed by atoms with Crippen molar-refractivity contribution in [2.45, 2.75) is 6.54 Å². The molecule has 0 radical (unpaired) electrons. The van der Waals surface area contributed by atoms with Crippen molar-refractivity contribution in [3.63, 3.8) is 0 Å². The van der Waals surface area contributed by atoms with Crippen LogP contribution in [0.3, 0.4) is 0 Å². The second-order valence-electron chi connectivity index (χ2n) is 3.01. The van der Waals surface area contributed by atoms with Gasteiger partial charge in [0.2, 0.25) is 5.13 Å². The largest absolute Gasteiger partial charge is 0.506 e. The smallest absolute Gasteiger partial charge is 0.205 e. The highest BCUT2D eigenvalue weighted by molar-refractivity contribution is 9.11. The molecule has 1 heterocycles. The predicted octanol–water partition coefficient (Wildman–Crippen LogP) is 3.38. The van der Waals surface area contributed by atoms with E-state index < -0.39 is 0 Å². The lowest BCUT2D eigenvalue weighted by molar-refractivity contribution is 0.468. The molecule has 0 aliphatic carbocycles. The molecule has 0 aliphatic rings. The first-order valence-corrected chi connectivity index (χ1v) is 6.80. The zero-order chi connectivity index (χ0) is 11.5. The molecule has 16 heavy (non-hydrogen) atoms. The van der Waals surface area contributed by atoms with E-state index in [1.54, 1.807) is 5.51 Å². The molecule has 7 heteroatoms. The van der Waals surface area contributed by atoms with Gasteiger partial charge in [-0.05, 0) is 49.6 Å². The Labute approximate surface area is 113 Å². The van der Waals surface area contributed by atoms with Crippen LogP contribution in [0.15, 0.2) is 26.6 Å². The van der Waals surface area contributed by atoms with E-state index in [0.29, 0.717) is 15.5 Å². The third-order valence-corrected chi connectivity index (χ3v) is 3.74. The van der Waals surface area contributed by atoms with Gasteiger partial charge >= 0.3 is 0 Å². The zero-order valence-electron chi connectivity index (χ0n) is 7.94. The molecule has 4 nitrogen and oxygen atoms in total. The van der Waals surface area contributed by atoms with Gasteiger partial charge in [0.1, 0.15) is 11.3 Å². The lowest BCUT2D eigenvalue weighted by Crippen LogP contribution is -1.99. The first-order valence-electron chi connectivity index (χ1n) is 4.34. The highest BCUT2D eigenvalue weighted by atomic mass is 79.9. The van der Waals surface area contributed by atoms with E-state index in [2.05, 4.69) is 47.4 Å². The summed E-state index contributed by atoms with van der Waals surface area (Å²) in [5.41, 5.74) is 2.71. The summed E-state index contributed by atoms with van der Waals surface area (Å²) in [6, 6.07) is 3.71. The number of nitrogens with one attached hydrogen (secondary N) is 1. The summed E-state index contributed by atoms with van der Waals surface area (Å²) < 4.78 is 1.33. The number of benzene rings is 1. The topological polar surface area (TPSA) is 58.0 Å². The van der Waals surface area contributed by atoms with Crippen LogP contribution in [0.1, 0.15) is 5.56 Å². The molecule has 0 fully saturated rings. The number of aromatic hydroxyl groups is 1. The number of phenols is 1. The van der Waals surface area contributed by atoms with Gasteiger partial charge < -0.3 is 10.4 Å². The second-order valence-corrected chi connectivity index (χ2v) is 5.55. The first-order chi connectivity index (χ1) is 7.66. The quantitative estimate of drug-likeness (QED) is 0.876. The maximum atomic E-state index is 9.55. The number of nitrogens with zero attached hydrogens (tertiary/aromatic N) is 2. The minimum Gasteiger partial charge on any atom is -0.506 e. The number of hydrogen-bond donors (Lipinski definition) is 2. The average molecular weight is 365 g/mol. The van der Waals surface area contributed by atoms with Crippen molar-refractivity contribution in [2.24, 2.45) is 0 Å². The number of hydrogen-bond acceptors (Lipinski definition) is 5. The molecular formula is C9H7Br2N3OS. The van der Waals surface area contributed by atoms with Gasteiger partial charge in [-0.3, -0.25) is 0 Å². The number of anilines is 1. The maximum Gasteiger partial charge on any atom is 0.205 e. The summed E-state index contributed by atoms with van der Waals surface area (Å²) in [6.45, 7) is 0.632. The van der Waals surface area contributed by atoms with Gasteiger partial charge in [0, 0.05) is 6.54 Å². The van der Waals surface area contributed by atoms with E-state index in [4.69, 9.17) is 0 Å². The van der Waals surface area contributed by atoms with Gasteiger partial charge in [0.05, 0.1) is 8.95 Å². The fourth-order valence-electron chi connectivity index (χ4n) is 1.15. The molecule has 0 unspecified atom stereocenters. The highest BCUT2D eigenvalue weighted by Gasteiger charge is 2.06. The summed E-state index contributed by atoms with van der Waals surface area (Å²) in [6.07, 6.45) is 0. The third kappa shape index (κ3) is 2.72. The molecule has 1 aromatic carbocycles. The van der Waals surface area contributed by atoms with E-state index in [1.807, 2.05) is 12.1 Å². The van der Waals surface area contributed by atoms with Crippen LogP contribution in [-0.4, -0.2) is 15.3 Å². The Bertz CT molecular complexity index is 466. The van der Waals surface area contributed by atoms with Crippen molar-refractivity contribution in [3.8, 4) is 5.75 Å². The van der Waals surface area contributed by atoms with Gasteiger partial charge in [-0.1, -0.05) is 11.3 Å². The van der Waals surface area contributed by atoms with Crippen molar-refractivity contribution in [1.29, 1.82) is 0 Å². The Balaban J connectivity index is 2.10. The highest BCUT2D eigenvalue weighted by Crippen LogP contribution is 2.33. The number of phenolic OH excluding ortho intramolecular Hbond substituents is 1. The molecule has 0 atom stereocenters. The number of aromatic nitrogens is 2. The normalized spacial score (nSPS) is 10.4. The molecule has 2 N–H and O–H groups in total. The molecule has 0 bridgehead atoms. The lowest BCUT2D eigenvalue weighted by Gasteiger charge is -2.06. The molecule has 0 spiro atoms. The molecule has 1 aromatic heterocycles. The monoisotopic (exact) mass is 363 g/mol. The Hall–Kier alpha value is -0.660. The van der Waals surface area contributed by atoms with Crippen LogP contribution >= 0.6 is 43.2 Å². The van der Waals surface area contributed by atoms with Crippen LogP contribution in [0.2, 0.25) is 0 Å². The second kappa shape index (κ2) is 5.11. The predicted molar refractivity (Wildman–Crippen MR) is 70.7 cm³/mol. The molecular weight excluding hydrogens is 358 g/mol. The number of rotatable bonds is 3. The van der Waals surface area contributed by atoms with Gasteiger partial charge in [-0.15, -0.1) is 10.2 Å². The molecule has 0 saturated carbocycles. The van der Waals surface area contributed by atoms with E-state index >= 15 is 0 Å². The van der Waals surface area contributed by atoms with Crippen LogP contribution in [0, 0.1) is 0 Å². The molecule has 2 aromatic rings. The van der Waals surface area contributed by atoms with E-state index in [9.17, 15) is 5.11 Å². The fraction of sp³-hybridized carbons (Fsp3) is 0.111.